The molecule has 1 rings (SSSR count). The zero-order valence-electron chi connectivity index (χ0n) is 10.9. The quantitative estimate of drug-likeness (QED) is 0.790. The number of likely N-dealkylation sites (N-methyl/N-ethyl adjacent to an activating group) is 1. The lowest BCUT2D eigenvalue weighted by Crippen LogP contribution is -2.40. The van der Waals surface area contributed by atoms with Crippen molar-refractivity contribution in [2.45, 2.75) is 30.0 Å². The van der Waals surface area contributed by atoms with Gasteiger partial charge in [0.15, 0.2) is 0 Å². The van der Waals surface area contributed by atoms with Crippen LogP contribution in [0.4, 0.5) is 0 Å². The second-order valence-electron chi connectivity index (χ2n) is 4.15. The van der Waals surface area contributed by atoms with Gasteiger partial charge in [0, 0.05) is 22.5 Å². The molecule has 0 saturated carbocycles. The van der Waals surface area contributed by atoms with Gasteiger partial charge in [-0.3, -0.25) is 4.79 Å². The third-order valence-corrected chi connectivity index (χ3v) is 3.93. The van der Waals surface area contributed by atoms with Crippen molar-refractivity contribution in [2.75, 3.05) is 13.6 Å². The number of hydrogen-bond acceptors (Lipinski definition) is 3. The van der Waals surface area contributed by atoms with Gasteiger partial charge < -0.3 is 10.6 Å². The van der Waals surface area contributed by atoms with E-state index in [0.29, 0.717) is 11.6 Å². The van der Waals surface area contributed by atoms with E-state index < -0.39 is 0 Å². The SMILES string of the molecule is CNC(C)CNC(=O)C(C)Sc1ccc(Cl)cc1. The van der Waals surface area contributed by atoms with E-state index in [1.165, 1.54) is 11.8 Å². The summed E-state index contributed by atoms with van der Waals surface area (Å²) in [5.41, 5.74) is 0. The molecular formula is C13H19ClN2OS. The van der Waals surface area contributed by atoms with E-state index >= 15 is 0 Å². The summed E-state index contributed by atoms with van der Waals surface area (Å²) in [6, 6.07) is 7.79. The number of halogens is 1. The lowest BCUT2D eigenvalue weighted by molar-refractivity contribution is -0.120. The second-order valence-corrected chi connectivity index (χ2v) is 6.00. The highest BCUT2D eigenvalue weighted by atomic mass is 35.5. The third kappa shape index (κ3) is 5.29. The van der Waals surface area contributed by atoms with E-state index in [9.17, 15) is 4.79 Å². The van der Waals surface area contributed by atoms with Crippen molar-refractivity contribution < 1.29 is 4.79 Å². The van der Waals surface area contributed by atoms with Crippen LogP contribution >= 0.6 is 23.4 Å². The fourth-order valence-electron chi connectivity index (χ4n) is 1.27. The minimum Gasteiger partial charge on any atom is -0.354 e. The van der Waals surface area contributed by atoms with Crippen LogP contribution < -0.4 is 10.6 Å². The Balaban J connectivity index is 2.42. The zero-order valence-corrected chi connectivity index (χ0v) is 12.4. The highest BCUT2D eigenvalue weighted by Crippen LogP contribution is 2.24. The smallest absolute Gasteiger partial charge is 0.233 e. The number of rotatable bonds is 6. The van der Waals surface area contributed by atoms with E-state index in [4.69, 9.17) is 11.6 Å². The molecule has 1 aromatic carbocycles. The molecule has 2 N–H and O–H groups in total. The Morgan fingerprint density at radius 2 is 1.94 bits per heavy atom. The van der Waals surface area contributed by atoms with Crippen molar-refractivity contribution in [1.82, 2.24) is 10.6 Å². The molecule has 0 heterocycles. The predicted octanol–water partition coefficient (Wildman–Crippen LogP) is 2.54. The van der Waals surface area contributed by atoms with Gasteiger partial charge in [-0.15, -0.1) is 11.8 Å². The standard InChI is InChI=1S/C13H19ClN2OS/c1-9(15-3)8-16-13(17)10(2)18-12-6-4-11(14)5-7-12/h4-7,9-10,15H,8H2,1-3H3,(H,16,17). The Morgan fingerprint density at radius 3 is 2.50 bits per heavy atom. The van der Waals surface area contributed by atoms with Crippen LogP contribution in [0.25, 0.3) is 0 Å². The Bertz CT molecular complexity index is 383. The largest absolute Gasteiger partial charge is 0.354 e. The zero-order chi connectivity index (χ0) is 13.5. The van der Waals surface area contributed by atoms with Crippen LogP contribution in [0.1, 0.15) is 13.8 Å². The maximum absolute atomic E-state index is 11.8. The topological polar surface area (TPSA) is 41.1 Å². The molecule has 2 unspecified atom stereocenters. The fourth-order valence-corrected chi connectivity index (χ4v) is 2.29. The fraction of sp³-hybridized carbons (Fsp3) is 0.462. The summed E-state index contributed by atoms with van der Waals surface area (Å²) in [5, 5.41) is 6.59. The molecule has 2 atom stereocenters. The van der Waals surface area contributed by atoms with Crippen molar-refractivity contribution in [3.63, 3.8) is 0 Å². The van der Waals surface area contributed by atoms with Gasteiger partial charge in [0.05, 0.1) is 5.25 Å². The molecule has 0 aliphatic rings. The van der Waals surface area contributed by atoms with Crippen LogP contribution in [0.15, 0.2) is 29.2 Å². The summed E-state index contributed by atoms with van der Waals surface area (Å²) < 4.78 is 0. The average Bonchev–Trinajstić information content (AvgIpc) is 2.38. The molecule has 100 valence electrons. The molecule has 1 amide bonds. The summed E-state index contributed by atoms with van der Waals surface area (Å²) in [7, 11) is 1.88. The first-order valence-corrected chi connectivity index (χ1v) is 7.16. The Labute approximate surface area is 118 Å². The second kappa shape index (κ2) is 7.67. The molecule has 3 nitrogen and oxygen atoms in total. The number of hydrogen-bond donors (Lipinski definition) is 2. The molecule has 0 saturated heterocycles. The molecule has 0 bridgehead atoms. The summed E-state index contributed by atoms with van der Waals surface area (Å²) >= 11 is 7.34. The summed E-state index contributed by atoms with van der Waals surface area (Å²) in [6.45, 7) is 4.57. The Hall–Kier alpha value is -0.710. The van der Waals surface area contributed by atoms with Crippen molar-refractivity contribution in [2.24, 2.45) is 0 Å². The monoisotopic (exact) mass is 286 g/mol. The van der Waals surface area contributed by atoms with E-state index in [-0.39, 0.29) is 17.2 Å². The summed E-state index contributed by atoms with van der Waals surface area (Å²) in [5.74, 6) is 0.0528. The van der Waals surface area contributed by atoms with E-state index in [0.717, 1.165) is 4.90 Å². The number of carbonyl (C=O) groups is 1. The maximum atomic E-state index is 11.8. The molecule has 0 spiro atoms. The van der Waals surface area contributed by atoms with Gasteiger partial charge >= 0.3 is 0 Å². The predicted molar refractivity (Wildman–Crippen MR) is 78.3 cm³/mol. The number of amides is 1. The molecule has 0 fully saturated rings. The van der Waals surface area contributed by atoms with E-state index in [1.54, 1.807) is 0 Å². The molecule has 0 aliphatic heterocycles. The van der Waals surface area contributed by atoms with Gasteiger partial charge in [0.1, 0.15) is 0 Å². The van der Waals surface area contributed by atoms with Crippen LogP contribution in [-0.2, 0) is 4.79 Å². The van der Waals surface area contributed by atoms with Crippen LogP contribution in [0.5, 0.6) is 0 Å². The maximum Gasteiger partial charge on any atom is 0.233 e. The lowest BCUT2D eigenvalue weighted by Gasteiger charge is -2.15. The van der Waals surface area contributed by atoms with Crippen molar-refractivity contribution in [3.05, 3.63) is 29.3 Å². The summed E-state index contributed by atoms with van der Waals surface area (Å²) in [4.78, 5) is 12.9. The minimum absolute atomic E-state index is 0.0528. The molecule has 18 heavy (non-hydrogen) atoms. The van der Waals surface area contributed by atoms with Crippen molar-refractivity contribution >= 4 is 29.3 Å². The highest BCUT2D eigenvalue weighted by Gasteiger charge is 2.14. The minimum atomic E-state index is -0.116. The first kappa shape index (κ1) is 15.3. The Kier molecular flexibility index (Phi) is 6.54. The van der Waals surface area contributed by atoms with Gasteiger partial charge in [0.2, 0.25) is 5.91 Å². The van der Waals surface area contributed by atoms with Crippen LogP contribution in [0, 0.1) is 0 Å². The molecule has 0 aliphatic carbocycles. The van der Waals surface area contributed by atoms with E-state index in [2.05, 4.69) is 10.6 Å². The van der Waals surface area contributed by atoms with Gasteiger partial charge in [0.25, 0.3) is 0 Å². The summed E-state index contributed by atoms with van der Waals surface area (Å²) in [6.07, 6.45) is 0. The van der Waals surface area contributed by atoms with Gasteiger partial charge in [-0.2, -0.15) is 0 Å². The molecular weight excluding hydrogens is 268 g/mol. The number of benzene rings is 1. The molecule has 5 heteroatoms. The molecule has 1 aromatic rings. The van der Waals surface area contributed by atoms with Gasteiger partial charge in [-0.1, -0.05) is 11.6 Å². The average molecular weight is 287 g/mol. The normalized spacial score (nSPS) is 14.0. The molecule has 0 aromatic heterocycles. The lowest BCUT2D eigenvalue weighted by atomic mass is 10.3. The number of thioether (sulfide) groups is 1. The van der Waals surface area contributed by atoms with Crippen LogP contribution in [0.3, 0.4) is 0 Å². The number of carbonyl (C=O) groups excluding carboxylic acids is 1. The number of nitrogens with one attached hydrogen (secondary N) is 2. The van der Waals surface area contributed by atoms with E-state index in [1.807, 2.05) is 45.2 Å². The van der Waals surface area contributed by atoms with Crippen LogP contribution in [0.2, 0.25) is 5.02 Å². The van der Waals surface area contributed by atoms with Gasteiger partial charge in [-0.25, -0.2) is 0 Å². The first-order chi connectivity index (χ1) is 8.52. The first-order valence-electron chi connectivity index (χ1n) is 5.90. The Morgan fingerprint density at radius 1 is 1.33 bits per heavy atom. The van der Waals surface area contributed by atoms with Crippen molar-refractivity contribution in [1.29, 1.82) is 0 Å². The third-order valence-electron chi connectivity index (χ3n) is 2.57. The highest BCUT2D eigenvalue weighted by molar-refractivity contribution is 8.00. The van der Waals surface area contributed by atoms with Crippen molar-refractivity contribution in [3.8, 4) is 0 Å². The van der Waals surface area contributed by atoms with Gasteiger partial charge in [-0.05, 0) is 45.2 Å². The molecule has 0 radical (unpaired) electrons. The van der Waals surface area contributed by atoms with Crippen LogP contribution in [-0.4, -0.2) is 30.8 Å².